The summed E-state index contributed by atoms with van der Waals surface area (Å²) in [6.07, 6.45) is 3.60. The maximum absolute atomic E-state index is 12.7. The molecule has 6 nitrogen and oxygen atoms in total. The van der Waals surface area contributed by atoms with Gasteiger partial charge in [0.1, 0.15) is 18.0 Å². The molecule has 7 heteroatoms. The van der Waals surface area contributed by atoms with Crippen molar-refractivity contribution in [1.29, 1.82) is 0 Å². The first-order valence-corrected chi connectivity index (χ1v) is 12.8. The van der Waals surface area contributed by atoms with Gasteiger partial charge in [-0.3, -0.25) is 4.79 Å². The Morgan fingerprint density at radius 3 is 2.48 bits per heavy atom. The fraction of sp³-hybridized carbons (Fsp3) is 0.400. The van der Waals surface area contributed by atoms with Gasteiger partial charge in [0.25, 0.3) is 5.56 Å². The highest BCUT2D eigenvalue weighted by molar-refractivity contribution is 6.76. The van der Waals surface area contributed by atoms with E-state index in [1.807, 2.05) is 30.5 Å². The van der Waals surface area contributed by atoms with Gasteiger partial charge in [-0.1, -0.05) is 31.8 Å². The van der Waals surface area contributed by atoms with Crippen molar-refractivity contribution < 1.29 is 9.47 Å². The zero-order valence-electron chi connectivity index (χ0n) is 16.7. The van der Waals surface area contributed by atoms with Crippen molar-refractivity contribution in [2.75, 3.05) is 13.7 Å². The number of aromatic nitrogens is 3. The summed E-state index contributed by atoms with van der Waals surface area (Å²) in [5.74, 6) is 0.798. The molecular weight excluding hydrogens is 358 g/mol. The van der Waals surface area contributed by atoms with E-state index in [0.29, 0.717) is 12.1 Å². The quantitative estimate of drug-likeness (QED) is 0.459. The number of hydrogen-bond donors (Lipinski definition) is 0. The largest absolute Gasteiger partial charge is 0.497 e. The number of hydrogen-bond acceptors (Lipinski definition) is 4. The molecule has 0 atom stereocenters. The Balaban J connectivity index is 1.94. The van der Waals surface area contributed by atoms with Crippen molar-refractivity contribution in [2.24, 2.45) is 7.05 Å². The molecule has 0 aliphatic heterocycles. The van der Waals surface area contributed by atoms with Gasteiger partial charge in [0.2, 0.25) is 0 Å². The smallest absolute Gasteiger partial charge is 0.276 e. The Kier molecular flexibility index (Phi) is 5.52. The molecule has 1 aromatic carbocycles. The van der Waals surface area contributed by atoms with E-state index in [0.717, 1.165) is 28.3 Å². The van der Waals surface area contributed by atoms with Gasteiger partial charge in [-0.25, -0.2) is 4.68 Å². The van der Waals surface area contributed by atoms with E-state index in [9.17, 15) is 4.79 Å². The molecule has 3 rings (SSSR count). The topological polar surface area (TPSA) is 58.3 Å². The van der Waals surface area contributed by atoms with Crippen LogP contribution in [0.4, 0.5) is 0 Å². The minimum atomic E-state index is -1.14. The first-order chi connectivity index (χ1) is 12.8. The van der Waals surface area contributed by atoms with E-state index in [4.69, 9.17) is 9.47 Å². The molecule has 0 fully saturated rings. The molecule has 2 aromatic heterocycles. The molecule has 27 heavy (non-hydrogen) atoms. The summed E-state index contributed by atoms with van der Waals surface area (Å²) in [7, 11) is 2.26. The van der Waals surface area contributed by atoms with Crippen molar-refractivity contribution in [1.82, 2.24) is 14.3 Å². The van der Waals surface area contributed by atoms with Crippen molar-refractivity contribution in [3.8, 4) is 16.9 Å². The zero-order valence-corrected chi connectivity index (χ0v) is 17.7. The van der Waals surface area contributed by atoms with Crippen molar-refractivity contribution in [2.45, 2.75) is 32.4 Å². The average molecular weight is 386 g/mol. The third-order valence-electron chi connectivity index (χ3n) is 4.59. The van der Waals surface area contributed by atoms with Crippen LogP contribution in [0, 0.1) is 0 Å². The lowest BCUT2D eigenvalue weighted by atomic mass is 10.0. The first-order valence-electron chi connectivity index (χ1n) is 9.07. The number of nitrogens with zero attached hydrogens (tertiary/aromatic N) is 3. The summed E-state index contributed by atoms with van der Waals surface area (Å²) in [6.45, 7) is 7.93. The molecular formula is C20H27N3O3Si. The van der Waals surface area contributed by atoms with Gasteiger partial charge in [-0.15, -0.1) is 0 Å². The van der Waals surface area contributed by atoms with Gasteiger partial charge in [-0.2, -0.15) is 5.10 Å². The van der Waals surface area contributed by atoms with Gasteiger partial charge in [-0.05, 0) is 23.7 Å². The lowest BCUT2D eigenvalue weighted by molar-refractivity contribution is 0.0815. The fourth-order valence-corrected chi connectivity index (χ4v) is 3.68. The Labute approximate surface area is 160 Å². The second kappa shape index (κ2) is 7.70. The molecule has 0 radical (unpaired) electrons. The molecule has 0 amide bonds. The van der Waals surface area contributed by atoms with Gasteiger partial charge in [0.15, 0.2) is 0 Å². The van der Waals surface area contributed by atoms with Crippen LogP contribution < -0.4 is 10.3 Å². The van der Waals surface area contributed by atoms with E-state index < -0.39 is 8.07 Å². The summed E-state index contributed by atoms with van der Waals surface area (Å²) >= 11 is 0. The van der Waals surface area contributed by atoms with Crippen LogP contribution in [0.2, 0.25) is 25.7 Å². The molecule has 0 saturated heterocycles. The molecule has 2 heterocycles. The third-order valence-corrected chi connectivity index (χ3v) is 6.29. The fourth-order valence-electron chi connectivity index (χ4n) is 2.92. The Morgan fingerprint density at radius 1 is 1.15 bits per heavy atom. The molecule has 3 aromatic rings. The van der Waals surface area contributed by atoms with E-state index in [1.54, 1.807) is 29.6 Å². The molecule has 0 N–H and O–H groups in total. The van der Waals surface area contributed by atoms with Crippen molar-refractivity contribution >= 4 is 19.0 Å². The van der Waals surface area contributed by atoms with Crippen LogP contribution >= 0.6 is 0 Å². The van der Waals surface area contributed by atoms with Gasteiger partial charge in [0, 0.05) is 38.9 Å². The third kappa shape index (κ3) is 4.31. The van der Waals surface area contributed by atoms with Crippen LogP contribution in [0.3, 0.4) is 0 Å². The highest BCUT2D eigenvalue weighted by atomic mass is 28.3. The van der Waals surface area contributed by atoms with Crippen molar-refractivity contribution in [3.05, 3.63) is 47.0 Å². The molecule has 0 bridgehead atoms. The lowest BCUT2D eigenvalue weighted by Gasteiger charge is -2.15. The number of methoxy groups -OCH3 is 1. The Bertz CT molecular complexity index is 985. The van der Waals surface area contributed by atoms with Crippen LogP contribution in [-0.4, -0.2) is 36.1 Å². The Hall–Kier alpha value is -2.38. The molecule has 0 aliphatic rings. The first kappa shape index (κ1) is 19.4. The minimum Gasteiger partial charge on any atom is -0.497 e. The van der Waals surface area contributed by atoms with Gasteiger partial charge >= 0.3 is 0 Å². The highest BCUT2D eigenvalue weighted by Gasteiger charge is 2.16. The van der Waals surface area contributed by atoms with E-state index in [-0.39, 0.29) is 12.3 Å². The minimum absolute atomic E-state index is 0.0754. The van der Waals surface area contributed by atoms with Crippen LogP contribution in [0.25, 0.3) is 22.0 Å². The molecule has 0 unspecified atom stereocenters. The Morgan fingerprint density at radius 2 is 1.85 bits per heavy atom. The number of ether oxygens (including phenoxy) is 2. The molecule has 0 spiro atoms. The van der Waals surface area contributed by atoms with E-state index in [2.05, 4.69) is 24.7 Å². The number of rotatable bonds is 7. The van der Waals surface area contributed by atoms with Crippen LogP contribution in [0.15, 0.2) is 41.5 Å². The number of pyridine rings is 1. The van der Waals surface area contributed by atoms with Gasteiger partial charge in [0.05, 0.1) is 13.3 Å². The number of fused-ring (bicyclic) bond motifs is 1. The predicted octanol–water partition coefficient (Wildman–Crippen LogP) is 3.72. The summed E-state index contributed by atoms with van der Waals surface area (Å²) < 4.78 is 14.3. The monoisotopic (exact) mass is 385 g/mol. The standard InChI is InChI=1S/C20H27N3O3Si/c1-22-13-18(15-6-8-16(25-2)9-7-15)17-12-21-23(19(17)20(22)24)14-26-10-11-27(3,4)5/h6-9,12-13H,10-11,14H2,1-5H3. The second-order valence-corrected chi connectivity index (χ2v) is 13.6. The highest BCUT2D eigenvalue weighted by Crippen LogP contribution is 2.28. The molecule has 0 aliphatic carbocycles. The van der Waals surface area contributed by atoms with Crippen LogP contribution in [-0.2, 0) is 18.5 Å². The SMILES string of the molecule is COc1ccc(-c2cn(C)c(=O)c3c2cnn3COCC[Si](C)(C)C)cc1. The summed E-state index contributed by atoms with van der Waals surface area (Å²) in [5.41, 5.74) is 2.46. The lowest BCUT2D eigenvalue weighted by Crippen LogP contribution is -2.23. The van der Waals surface area contributed by atoms with Gasteiger partial charge < -0.3 is 14.0 Å². The van der Waals surface area contributed by atoms with Crippen molar-refractivity contribution in [3.63, 3.8) is 0 Å². The van der Waals surface area contributed by atoms with E-state index >= 15 is 0 Å². The average Bonchev–Trinajstić information content (AvgIpc) is 3.05. The predicted molar refractivity (Wildman–Crippen MR) is 111 cm³/mol. The normalized spacial score (nSPS) is 11.9. The van der Waals surface area contributed by atoms with Crippen LogP contribution in [0.1, 0.15) is 0 Å². The molecule has 0 saturated carbocycles. The second-order valence-electron chi connectivity index (χ2n) is 7.94. The molecule has 144 valence electrons. The maximum Gasteiger partial charge on any atom is 0.276 e. The maximum atomic E-state index is 12.7. The summed E-state index contributed by atoms with van der Waals surface area (Å²) in [6, 6.07) is 8.88. The van der Waals surface area contributed by atoms with Crippen LogP contribution in [0.5, 0.6) is 5.75 Å². The zero-order chi connectivity index (χ0) is 19.6. The summed E-state index contributed by atoms with van der Waals surface area (Å²) in [4.78, 5) is 12.7. The van der Waals surface area contributed by atoms with E-state index in [1.165, 1.54) is 0 Å². The summed E-state index contributed by atoms with van der Waals surface area (Å²) in [5, 5.41) is 5.25. The number of benzene rings is 1. The number of aryl methyl sites for hydroxylation is 1.